The molecule has 0 spiro atoms. The second-order valence-corrected chi connectivity index (χ2v) is 6.95. The third kappa shape index (κ3) is 4.15. The van der Waals surface area contributed by atoms with Crippen LogP contribution in [0.25, 0.3) is 5.69 Å². The minimum atomic E-state index is -4.95. The Hall–Kier alpha value is -3.84. The van der Waals surface area contributed by atoms with Crippen LogP contribution >= 0.6 is 0 Å². The minimum Gasteiger partial charge on any atom is -0.338 e. The van der Waals surface area contributed by atoms with Crippen LogP contribution in [0.3, 0.4) is 0 Å². The first kappa shape index (κ1) is 21.4. The van der Waals surface area contributed by atoms with E-state index in [0.29, 0.717) is 4.68 Å². The number of aromatic nitrogens is 6. The van der Waals surface area contributed by atoms with Crippen LogP contribution in [-0.4, -0.2) is 77.8 Å². The Morgan fingerprint density at radius 1 is 1.03 bits per heavy atom. The fourth-order valence-corrected chi connectivity index (χ4v) is 3.40. The molecule has 1 aliphatic heterocycles. The van der Waals surface area contributed by atoms with E-state index >= 15 is 0 Å². The third-order valence-electron chi connectivity index (χ3n) is 4.96. The highest BCUT2D eigenvalue weighted by Gasteiger charge is 2.42. The Kier molecular flexibility index (Phi) is 5.59. The molecule has 32 heavy (non-hydrogen) atoms. The number of para-hydroxylation sites is 1. The average Bonchev–Trinajstić information content (AvgIpc) is 3.43. The van der Waals surface area contributed by atoms with E-state index in [1.54, 1.807) is 0 Å². The van der Waals surface area contributed by atoms with Crippen LogP contribution in [0.1, 0.15) is 16.1 Å². The summed E-state index contributed by atoms with van der Waals surface area (Å²) in [7, 11) is 0. The van der Waals surface area contributed by atoms with Gasteiger partial charge < -0.3 is 9.80 Å². The van der Waals surface area contributed by atoms with E-state index in [0.717, 1.165) is 18.3 Å². The standard InChI is InChI=1S/C18H16F4N8O2/c19-13-3-1-2-4-14(13)30-16(18(20,21)22)12(9-24-30)17(32)28-7-5-27(6-8-28)15(31)10-29-11-23-25-26-29/h1-4,9,11H,5-8,10H2. The molecule has 3 heterocycles. The topological polar surface area (TPSA) is 102 Å². The van der Waals surface area contributed by atoms with Crippen LogP contribution in [0.5, 0.6) is 0 Å². The van der Waals surface area contributed by atoms with Crippen molar-refractivity contribution < 1.29 is 27.2 Å². The summed E-state index contributed by atoms with van der Waals surface area (Å²) in [5.41, 5.74) is -2.46. The van der Waals surface area contributed by atoms with Crippen molar-refractivity contribution >= 4 is 11.8 Å². The smallest absolute Gasteiger partial charge is 0.338 e. The average molecular weight is 452 g/mol. The van der Waals surface area contributed by atoms with Crippen LogP contribution in [-0.2, 0) is 17.5 Å². The highest BCUT2D eigenvalue weighted by atomic mass is 19.4. The van der Waals surface area contributed by atoms with Gasteiger partial charge in [-0.2, -0.15) is 18.3 Å². The van der Waals surface area contributed by atoms with Crippen LogP contribution in [0.15, 0.2) is 36.8 Å². The molecule has 0 bridgehead atoms. The third-order valence-corrected chi connectivity index (χ3v) is 4.96. The number of benzene rings is 1. The van der Waals surface area contributed by atoms with Gasteiger partial charge in [-0.15, -0.1) is 5.10 Å². The van der Waals surface area contributed by atoms with Gasteiger partial charge in [0.05, 0.1) is 11.8 Å². The minimum absolute atomic E-state index is 0.0301. The second kappa shape index (κ2) is 8.36. The van der Waals surface area contributed by atoms with E-state index in [-0.39, 0.29) is 38.6 Å². The van der Waals surface area contributed by atoms with Crippen LogP contribution in [0.4, 0.5) is 17.6 Å². The lowest BCUT2D eigenvalue weighted by Gasteiger charge is -2.34. The van der Waals surface area contributed by atoms with Crippen molar-refractivity contribution in [3.63, 3.8) is 0 Å². The first-order valence-corrected chi connectivity index (χ1v) is 9.43. The number of hydrogen-bond acceptors (Lipinski definition) is 6. The molecule has 168 valence electrons. The van der Waals surface area contributed by atoms with Gasteiger partial charge in [0.25, 0.3) is 5.91 Å². The summed E-state index contributed by atoms with van der Waals surface area (Å²) in [6, 6.07) is 4.85. The molecule has 0 radical (unpaired) electrons. The van der Waals surface area contributed by atoms with Gasteiger partial charge in [-0.3, -0.25) is 9.59 Å². The van der Waals surface area contributed by atoms with Crippen LogP contribution in [0, 0.1) is 5.82 Å². The zero-order valence-corrected chi connectivity index (χ0v) is 16.4. The van der Waals surface area contributed by atoms with Crippen molar-refractivity contribution in [1.82, 2.24) is 39.8 Å². The molecule has 1 aliphatic rings. The van der Waals surface area contributed by atoms with Gasteiger partial charge in [0.2, 0.25) is 5.91 Å². The Morgan fingerprint density at radius 2 is 1.72 bits per heavy atom. The van der Waals surface area contributed by atoms with Crippen molar-refractivity contribution in [2.45, 2.75) is 12.7 Å². The number of carbonyl (C=O) groups excluding carboxylic acids is 2. The highest BCUT2D eigenvalue weighted by Crippen LogP contribution is 2.34. The number of tetrazole rings is 1. The largest absolute Gasteiger partial charge is 0.434 e. The maximum Gasteiger partial charge on any atom is 0.434 e. The SMILES string of the molecule is O=C(Cn1cnnn1)N1CCN(C(=O)c2cnn(-c3ccccc3F)c2C(F)(F)F)CC1. The maximum atomic E-state index is 14.1. The Morgan fingerprint density at radius 3 is 2.34 bits per heavy atom. The molecule has 2 aromatic heterocycles. The molecule has 2 amide bonds. The van der Waals surface area contributed by atoms with Crippen molar-refractivity contribution in [2.24, 2.45) is 0 Å². The second-order valence-electron chi connectivity index (χ2n) is 6.95. The molecule has 1 aromatic carbocycles. The predicted octanol–water partition coefficient (Wildman–Crippen LogP) is 1.00. The van der Waals surface area contributed by atoms with E-state index < -0.39 is 34.8 Å². The molecule has 0 unspecified atom stereocenters. The zero-order chi connectivity index (χ0) is 22.9. The van der Waals surface area contributed by atoms with Gasteiger partial charge in [0.1, 0.15) is 24.4 Å². The van der Waals surface area contributed by atoms with Gasteiger partial charge in [0, 0.05) is 26.2 Å². The lowest BCUT2D eigenvalue weighted by atomic mass is 10.1. The van der Waals surface area contributed by atoms with Gasteiger partial charge in [-0.25, -0.2) is 13.8 Å². The number of alkyl halides is 3. The number of carbonyl (C=O) groups is 2. The Labute approximate surface area is 178 Å². The quantitative estimate of drug-likeness (QED) is 0.548. The molecule has 4 rings (SSSR count). The van der Waals surface area contributed by atoms with Gasteiger partial charge in [0.15, 0.2) is 5.69 Å². The molecular weight excluding hydrogens is 436 g/mol. The molecule has 0 aliphatic carbocycles. The molecule has 0 atom stereocenters. The molecule has 10 nitrogen and oxygen atoms in total. The highest BCUT2D eigenvalue weighted by molar-refractivity contribution is 5.95. The molecule has 0 N–H and O–H groups in total. The zero-order valence-electron chi connectivity index (χ0n) is 16.4. The van der Waals surface area contributed by atoms with E-state index in [9.17, 15) is 27.2 Å². The number of nitrogens with zero attached hydrogens (tertiary/aromatic N) is 8. The molecular formula is C18H16F4N8O2. The first-order chi connectivity index (χ1) is 15.3. The number of amides is 2. The lowest BCUT2D eigenvalue weighted by molar-refractivity contribution is -0.143. The first-order valence-electron chi connectivity index (χ1n) is 9.43. The summed E-state index contributed by atoms with van der Waals surface area (Å²) in [5.74, 6) is -2.09. The summed E-state index contributed by atoms with van der Waals surface area (Å²) < 4.78 is 57.1. The Bertz CT molecular complexity index is 1120. The molecule has 1 fully saturated rings. The van der Waals surface area contributed by atoms with Crippen molar-refractivity contribution in [2.75, 3.05) is 26.2 Å². The summed E-state index contributed by atoms with van der Waals surface area (Å²) in [6.07, 6.45) is -2.89. The monoisotopic (exact) mass is 452 g/mol. The van der Waals surface area contributed by atoms with E-state index in [1.807, 2.05) is 0 Å². The number of hydrogen-bond donors (Lipinski definition) is 0. The fraction of sp³-hybridized carbons (Fsp3) is 0.333. The van der Waals surface area contributed by atoms with E-state index in [2.05, 4.69) is 20.6 Å². The van der Waals surface area contributed by atoms with Gasteiger partial charge in [-0.1, -0.05) is 12.1 Å². The predicted molar refractivity (Wildman–Crippen MR) is 98.8 cm³/mol. The molecule has 3 aromatic rings. The number of rotatable bonds is 4. The van der Waals surface area contributed by atoms with Gasteiger partial charge in [-0.05, 0) is 22.6 Å². The summed E-state index contributed by atoms with van der Waals surface area (Å²) in [6.45, 7) is 0.240. The number of halogens is 4. The summed E-state index contributed by atoms with van der Waals surface area (Å²) in [5, 5.41) is 14.1. The van der Waals surface area contributed by atoms with Crippen molar-refractivity contribution in [3.05, 3.63) is 53.9 Å². The normalized spacial score (nSPS) is 14.6. The fourth-order valence-electron chi connectivity index (χ4n) is 3.40. The summed E-state index contributed by atoms with van der Waals surface area (Å²) >= 11 is 0. The molecule has 0 saturated carbocycles. The number of piperazine rings is 1. The van der Waals surface area contributed by atoms with Crippen molar-refractivity contribution in [3.8, 4) is 5.69 Å². The summed E-state index contributed by atoms with van der Waals surface area (Å²) in [4.78, 5) is 27.9. The van der Waals surface area contributed by atoms with Gasteiger partial charge >= 0.3 is 6.18 Å². The van der Waals surface area contributed by atoms with Crippen molar-refractivity contribution in [1.29, 1.82) is 0 Å². The maximum absolute atomic E-state index is 14.1. The molecule has 1 saturated heterocycles. The van der Waals surface area contributed by atoms with E-state index in [1.165, 1.54) is 32.9 Å². The lowest BCUT2D eigenvalue weighted by Crippen LogP contribution is -2.51. The molecule has 14 heteroatoms. The van der Waals surface area contributed by atoms with Crippen LogP contribution < -0.4 is 0 Å². The van der Waals surface area contributed by atoms with E-state index in [4.69, 9.17) is 0 Å². The van der Waals surface area contributed by atoms with Crippen LogP contribution in [0.2, 0.25) is 0 Å². The Balaban J connectivity index is 1.52.